The minimum Gasteiger partial charge on any atom is -0.327 e. The Hall–Kier alpha value is -0.440. The standard InChI is InChI=1S/C11H17F2N/c12-11(13)3-1-2-8(7-11)4-9-5-10(14)6-9/h4,8,10H,1-3,5-7,14H2. The van der Waals surface area contributed by atoms with Gasteiger partial charge in [0.1, 0.15) is 0 Å². The average Bonchev–Trinajstić information content (AvgIpc) is 1.99. The van der Waals surface area contributed by atoms with E-state index < -0.39 is 5.92 Å². The Morgan fingerprint density at radius 2 is 2.07 bits per heavy atom. The summed E-state index contributed by atoms with van der Waals surface area (Å²) >= 11 is 0. The van der Waals surface area contributed by atoms with Crippen molar-refractivity contribution in [2.45, 2.75) is 50.5 Å². The van der Waals surface area contributed by atoms with Crippen LogP contribution in [0, 0.1) is 5.92 Å². The Labute approximate surface area is 83.4 Å². The van der Waals surface area contributed by atoms with Gasteiger partial charge in [-0.1, -0.05) is 11.6 Å². The van der Waals surface area contributed by atoms with Crippen LogP contribution >= 0.6 is 0 Å². The molecule has 0 spiro atoms. The highest BCUT2D eigenvalue weighted by molar-refractivity contribution is 5.17. The molecule has 2 aliphatic rings. The van der Waals surface area contributed by atoms with Crippen LogP contribution in [0.4, 0.5) is 8.78 Å². The molecule has 3 heteroatoms. The Morgan fingerprint density at radius 1 is 1.36 bits per heavy atom. The van der Waals surface area contributed by atoms with E-state index in [9.17, 15) is 8.78 Å². The van der Waals surface area contributed by atoms with Crippen molar-refractivity contribution in [3.8, 4) is 0 Å². The highest BCUT2D eigenvalue weighted by Crippen LogP contribution is 2.39. The van der Waals surface area contributed by atoms with Gasteiger partial charge in [-0.05, 0) is 31.6 Å². The molecular formula is C11H17F2N. The van der Waals surface area contributed by atoms with Gasteiger partial charge in [-0.3, -0.25) is 0 Å². The predicted octanol–water partition coefficient (Wildman–Crippen LogP) is 2.86. The molecule has 0 heterocycles. The Kier molecular flexibility index (Phi) is 2.60. The number of hydrogen-bond donors (Lipinski definition) is 1. The van der Waals surface area contributed by atoms with Gasteiger partial charge >= 0.3 is 0 Å². The van der Waals surface area contributed by atoms with Crippen LogP contribution in [0.3, 0.4) is 0 Å². The van der Waals surface area contributed by atoms with Gasteiger partial charge in [0.25, 0.3) is 0 Å². The average molecular weight is 201 g/mol. The number of rotatable bonds is 1. The second-order valence-electron chi connectivity index (χ2n) is 4.71. The van der Waals surface area contributed by atoms with E-state index in [1.165, 1.54) is 5.57 Å². The van der Waals surface area contributed by atoms with Crippen molar-refractivity contribution in [2.24, 2.45) is 11.7 Å². The van der Waals surface area contributed by atoms with Crippen LogP contribution in [-0.4, -0.2) is 12.0 Å². The van der Waals surface area contributed by atoms with Crippen LogP contribution in [0.1, 0.15) is 38.5 Å². The van der Waals surface area contributed by atoms with Crippen molar-refractivity contribution >= 4 is 0 Å². The van der Waals surface area contributed by atoms with Crippen LogP contribution in [0.2, 0.25) is 0 Å². The molecule has 0 radical (unpaired) electrons. The van der Waals surface area contributed by atoms with Gasteiger partial charge in [0.05, 0.1) is 0 Å². The lowest BCUT2D eigenvalue weighted by Crippen LogP contribution is -2.31. The maximum atomic E-state index is 13.0. The van der Waals surface area contributed by atoms with Crippen molar-refractivity contribution in [1.29, 1.82) is 0 Å². The van der Waals surface area contributed by atoms with Crippen LogP contribution in [0.5, 0.6) is 0 Å². The molecule has 0 amide bonds. The summed E-state index contributed by atoms with van der Waals surface area (Å²) < 4.78 is 26.1. The van der Waals surface area contributed by atoms with Gasteiger partial charge in [0.15, 0.2) is 0 Å². The third-order valence-corrected chi connectivity index (χ3v) is 3.20. The minimum absolute atomic E-state index is 0.0474. The van der Waals surface area contributed by atoms with E-state index in [0.717, 1.165) is 19.3 Å². The van der Waals surface area contributed by atoms with E-state index in [2.05, 4.69) is 6.08 Å². The van der Waals surface area contributed by atoms with E-state index in [1.807, 2.05) is 0 Å². The molecule has 14 heavy (non-hydrogen) atoms. The zero-order valence-electron chi connectivity index (χ0n) is 8.31. The van der Waals surface area contributed by atoms with E-state index in [4.69, 9.17) is 5.73 Å². The maximum absolute atomic E-state index is 13.0. The molecule has 2 fully saturated rings. The first kappa shape index (κ1) is 10.1. The normalized spacial score (nSPS) is 36.4. The summed E-state index contributed by atoms with van der Waals surface area (Å²) in [4.78, 5) is 0. The summed E-state index contributed by atoms with van der Waals surface area (Å²) in [5.74, 6) is -2.33. The molecule has 0 aromatic carbocycles. The van der Waals surface area contributed by atoms with Crippen molar-refractivity contribution in [2.75, 3.05) is 0 Å². The summed E-state index contributed by atoms with van der Waals surface area (Å²) in [6, 6.07) is 0.283. The van der Waals surface area contributed by atoms with E-state index >= 15 is 0 Å². The first-order valence-electron chi connectivity index (χ1n) is 5.38. The molecule has 1 unspecified atom stereocenters. The zero-order chi connectivity index (χ0) is 10.2. The third kappa shape index (κ3) is 2.32. The second kappa shape index (κ2) is 3.61. The lowest BCUT2D eigenvalue weighted by Gasteiger charge is -2.31. The van der Waals surface area contributed by atoms with Gasteiger partial charge in [0, 0.05) is 18.9 Å². The van der Waals surface area contributed by atoms with Crippen molar-refractivity contribution < 1.29 is 8.78 Å². The first-order valence-corrected chi connectivity index (χ1v) is 5.38. The fourth-order valence-electron chi connectivity index (χ4n) is 2.44. The number of nitrogens with two attached hydrogens (primary N) is 1. The Bertz CT molecular complexity index is 240. The Morgan fingerprint density at radius 3 is 2.64 bits per heavy atom. The smallest absolute Gasteiger partial charge is 0.248 e. The van der Waals surface area contributed by atoms with Crippen LogP contribution in [0.15, 0.2) is 11.6 Å². The summed E-state index contributed by atoms with van der Waals surface area (Å²) in [7, 11) is 0. The molecular weight excluding hydrogens is 184 g/mol. The molecule has 80 valence electrons. The minimum atomic E-state index is -2.42. The fourth-order valence-corrected chi connectivity index (χ4v) is 2.44. The quantitative estimate of drug-likeness (QED) is 0.648. The molecule has 2 N–H and O–H groups in total. The molecule has 0 aromatic heterocycles. The molecule has 0 saturated heterocycles. The van der Waals surface area contributed by atoms with Gasteiger partial charge < -0.3 is 5.73 Å². The zero-order valence-corrected chi connectivity index (χ0v) is 8.31. The van der Waals surface area contributed by atoms with E-state index in [0.29, 0.717) is 6.42 Å². The van der Waals surface area contributed by atoms with Gasteiger partial charge in [-0.2, -0.15) is 0 Å². The van der Waals surface area contributed by atoms with Crippen LogP contribution in [-0.2, 0) is 0 Å². The fraction of sp³-hybridized carbons (Fsp3) is 0.818. The van der Waals surface area contributed by atoms with Gasteiger partial charge in [0.2, 0.25) is 5.92 Å². The lowest BCUT2D eigenvalue weighted by molar-refractivity contribution is -0.0455. The third-order valence-electron chi connectivity index (χ3n) is 3.20. The highest BCUT2D eigenvalue weighted by atomic mass is 19.3. The molecule has 1 nitrogen and oxygen atoms in total. The highest BCUT2D eigenvalue weighted by Gasteiger charge is 2.35. The Balaban J connectivity index is 1.89. The number of hydrogen-bond acceptors (Lipinski definition) is 1. The lowest BCUT2D eigenvalue weighted by atomic mass is 9.80. The summed E-state index contributed by atoms with van der Waals surface area (Å²) in [6.07, 6.45) is 5.60. The van der Waals surface area contributed by atoms with Crippen molar-refractivity contribution in [3.05, 3.63) is 11.6 Å². The SMILES string of the molecule is NC1CC(=CC2CCCC(F)(F)C2)C1. The van der Waals surface area contributed by atoms with Gasteiger partial charge in [-0.25, -0.2) is 8.78 Å². The number of allylic oxidation sites excluding steroid dienone is 1. The molecule has 0 aliphatic heterocycles. The molecule has 2 saturated carbocycles. The van der Waals surface area contributed by atoms with Crippen molar-refractivity contribution in [1.82, 2.24) is 0 Å². The molecule has 0 aromatic rings. The summed E-state index contributed by atoms with van der Waals surface area (Å²) in [5, 5.41) is 0. The van der Waals surface area contributed by atoms with Crippen LogP contribution < -0.4 is 5.73 Å². The molecule has 2 rings (SSSR count). The second-order valence-corrected chi connectivity index (χ2v) is 4.71. The number of alkyl halides is 2. The largest absolute Gasteiger partial charge is 0.327 e. The summed E-state index contributed by atoms with van der Waals surface area (Å²) in [5.41, 5.74) is 6.93. The van der Waals surface area contributed by atoms with Crippen LogP contribution in [0.25, 0.3) is 0 Å². The first-order chi connectivity index (χ1) is 6.55. The van der Waals surface area contributed by atoms with E-state index in [1.54, 1.807) is 0 Å². The topological polar surface area (TPSA) is 26.0 Å². The van der Waals surface area contributed by atoms with E-state index in [-0.39, 0.29) is 24.8 Å². The molecule has 0 bridgehead atoms. The predicted molar refractivity (Wildman–Crippen MR) is 52.2 cm³/mol. The molecule has 1 atom stereocenters. The summed E-state index contributed by atoms with van der Waals surface area (Å²) in [6.45, 7) is 0. The van der Waals surface area contributed by atoms with Crippen molar-refractivity contribution in [3.63, 3.8) is 0 Å². The monoisotopic (exact) mass is 201 g/mol. The molecule has 2 aliphatic carbocycles. The number of halogens is 2. The van der Waals surface area contributed by atoms with Gasteiger partial charge in [-0.15, -0.1) is 0 Å². The maximum Gasteiger partial charge on any atom is 0.248 e.